The lowest BCUT2D eigenvalue weighted by molar-refractivity contribution is -0.753. The summed E-state index contributed by atoms with van der Waals surface area (Å²) < 4.78 is 44.9. The second-order valence-corrected chi connectivity index (χ2v) is 13.0. The first kappa shape index (κ1) is 35.5. The smallest absolute Gasteiger partial charge is 0.418 e. The second kappa shape index (κ2) is 14.2. The number of nitrogens with one attached hydrogen (secondary N) is 1. The number of thiazole rings is 1. The van der Waals surface area contributed by atoms with E-state index < -0.39 is 58.2 Å². The number of β-lactam (4-membered cyclic amide) rings is 1. The molecule has 0 radical (unpaired) electrons. The zero-order valence-corrected chi connectivity index (χ0v) is 27.6. The number of nitrogen functional groups attached to an aromatic ring is 1. The van der Waals surface area contributed by atoms with Gasteiger partial charge in [0.25, 0.3) is 17.9 Å². The molecule has 0 bridgehead atoms. The zero-order valence-electron chi connectivity index (χ0n) is 25.2. The quantitative estimate of drug-likeness (QED) is 0.0461. The Labute approximate surface area is 277 Å². The van der Waals surface area contributed by atoms with Gasteiger partial charge in [-0.1, -0.05) is 16.8 Å². The van der Waals surface area contributed by atoms with Crippen LogP contribution in [0.25, 0.3) is 11.1 Å². The fourth-order valence-electron chi connectivity index (χ4n) is 4.45. The number of halogens is 1. The number of carboxylic acids is 1. The van der Waals surface area contributed by atoms with Crippen LogP contribution >= 0.6 is 22.9 Å². The number of anilines is 1. The van der Waals surface area contributed by atoms with Crippen molar-refractivity contribution in [3.05, 3.63) is 46.7 Å². The van der Waals surface area contributed by atoms with Gasteiger partial charge in [-0.05, 0) is 45.0 Å². The SMILES string of the molecule is C[n+]1cc(-c2ccc(OC[C@H](O/N=C(\C(=O)N[C@@H]3C(=O)N(OS(=O)(=O)O)C3(C)C)c3csc(N)n3)C(=O)O)cc2Cl)cn1CCCN. The first-order valence-electron chi connectivity index (χ1n) is 13.7. The van der Waals surface area contributed by atoms with Crippen LogP contribution in [-0.2, 0) is 47.5 Å². The number of nitrogens with two attached hydrogens (primary N) is 2. The fourth-order valence-corrected chi connectivity index (χ4v) is 5.73. The van der Waals surface area contributed by atoms with Gasteiger partial charge in [-0.2, -0.15) is 18.2 Å². The minimum atomic E-state index is -5.02. The first-order valence-corrected chi connectivity index (χ1v) is 16.3. The minimum absolute atomic E-state index is 0.0487. The highest BCUT2D eigenvalue weighted by Gasteiger charge is 2.58. The molecule has 21 heteroatoms. The third-order valence-corrected chi connectivity index (χ3v) is 8.24. The fraction of sp³-hybridized carbons (Fsp3) is 0.385. The van der Waals surface area contributed by atoms with Gasteiger partial charge in [0.1, 0.15) is 24.1 Å². The molecule has 18 nitrogen and oxygen atoms in total. The van der Waals surface area contributed by atoms with Crippen molar-refractivity contribution in [3.63, 3.8) is 0 Å². The minimum Gasteiger partial charge on any atom is -0.489 e. The maximum absolute atomic E-state index is 13.2. The normalized spacial score (nSPS) is 16.8. The average molecular weight is 716 g/mol. The highest BCUT2D eigenvalue weighted by Crippen LogP contribution is 2.33. The number of amides is 2. The number of hydrogen-bond acceptors (Lipinski definition) is 13. The lowest BCUT2D eigenvalue weighted by Gasteiger charge is -2.50. The number of rotatable bonds is 15. The van der Waals surface area contributed by atoms with E-state index in [9.17, 15) is 27.9 Å². The number of hydroxylamine groups is 2. The Balaban J connectivity index is 1.47. The van der Waals surface area contributed by atoms with Crippen LogP contribution < -0.4 is 26.2 Å². The topological polar surface area (TPSA) is 255 Å². The Morgan fingerprint density at radius 1 is 1.34 bits per heavy atom. The monoisotopic (exact) mass is 715 g/mol. The van der Waals surface area contributed by atoms with Gasteiger partial charge in [-0.15, -0.1) is 20.3 Å². The molecule has 0 saturated carbocycles. The van der Waals surface area contributed by atoms with Crippen molar-refractivity contribution in [2.75, 3.05) is 18.9 Å². The number of carboxylic acid groups (broad SMARTS) is 1. The lowest BCUT2D eigenvalue weighted by Crippen LogP contribution is -2.76. The predicted octanol–water partition coefficient (Wildman–Crippen LogP) is 0.113. The number of carbonyl (C=O) groups excluding carboxylic acids is 2. The molecule has 1 aliphatic rings. The molecule has 254 valence electrons. The third-order valence-electron chi connectivity index (χ3n) is 6.91. The van der Waals surface area contributed by atoms with Crippen molar-refractivity contribution in [1.82, 2.24) is 20.0 Å². The number of benzene rings is 1. The largest absolute Gasteiger partial charge is 0.489 e. The molecule has 1 aliphatic heterocycles. The molecule has 4 rings (SSSR count). The van der Waals surface area contributed by atoms with Crippen molar-refractivity contribution >= 4 is 62.0 Å². The highest BCUT2D eigenvalue weighted by molar-refractivity contribution is 7.80. The van der Waals surface area contributed by atoms with Gasteiger partial charge in [0, 0.05) is 10.9 Å². The molecule has 3 heterocycles. The van der Waals surface area contributed by atoms with Crippen molar-refractivity contribution in [2.24, 2.45) is 17.9 Å². The summed E-state index contributed by atoms with van der Waals surface area (Å²) in [6.07, 6.45) is 2.91. The molecular weight excluding hydrogens is 684 g/mol. The third kappa shape index (κ3) is 8.34. The Bertz CT molecular complexity index is 1810. The van der Waals surface area contributed by atoms with Gasteiger partial charge in [0.05, 0.1) is 28.9 Å². The van der Waals surface area contributed by atoms with E-state index in [1.165, 1.54) is 25.3 Å². The molecule has 0 spiro atoms. The van der Waals surface area contributed by atoms with E-state index in [1.807, 2.05) is 28.8 Å². The van der Waals surface area contributed by atoms with E-state index in [4.69, 9.17) is 37.2 Å². The summed E-state index contributed by atoms with van der Waals surface area (Å²) in [7, 11) is -3.13. The van der Waals surface area contributed by atoms with Crippen molar-refractivity contribution in [1.29, 1.82) is 0 Å². The Hall–Kier alpha value is -4.34. The molecule has 3 aromatic rings. The van der Waals surface area contributed by atoms with Gasteiger partial charge in [-0.25, -0.2) is 9.78 Å². The Kier molecular flexibility index (Phi) is 10.7. The zero-order chi connectivity index (χ0) is 34.7. The molecule has 2 amide bonds. The van der Waals surface area contributed by atoms with Crippen LogP contribution in [0.4, 0.5) is 5.13 Å². The van der Waals surface area contributed by atoms with Gasteiger partial charge in [0.2, 0.25) is 6.20 Å². The highest BCUT2D eigenvalue weighted by atomic mass is 35.5. The average Bonchev–Trinajstić information content (AvgIpc) is 3.58. The summed E-state index contributed by atoms with van der Waals surface area (Å²) in [5.74, 6) is -3.28. The Morgan fingerprint density at radius 3 is 2.64 bits per heavy atom. The maximum atomic E-state index is 13.2. The van der Waals surface area contributed by atoms with Gasteiger partial charge < -0.3 is 31.5 Å². The van der Waals surface area contributed by atoms with E-state index in [1.54, 1.807) is 12.1 Å². The lowest BCUT2D eigenvalue weighted by atomic mass is 9.84. The standard InChI is InChI=1S/C26H31ClN8O10S2/c1-26(2)21(23(37)35(26)45-47(40,41)42)31-22(36)20(18-13-46-25(29)30-18)32-44-19(24(38)39)12-43-15-5-6-16(17(27)9-15)14-10-33(3)34(11-14)8-4-7-28/h5-6,9-11,13,19,21H,4,7-8,12,28H2,1-3H3,(H4-,29,30,31,36,38,39,40,41,42)/p+1/b32-20-/t19-,21+/m0/s1. The van der Waals surface area contributed by atoms with Gasteiger partial charge in [0.15, 0.2) is 17.9 Å². The molecule has 1 aromatic carbocycles. The molecule has 1 fully saturated rings. The number of aryl methyl sites for hydroxylation is 2. The molecular formula is C26H32ClN8O10S2+. The van der Waals surface area contributed by atoms with E-state index in [2.05, 4.69) is 19.7 Å². The first-order chi connectivity index (χ1) is 22.0. The molecule has 0 aliphatic carbocycles. The summed E-state index contributed by atoms with van der Waals surface area (Å²) >= 11 is 7.47. The van der Waals surface area contributed by atoms with Crippen molar-refractivity contribution in [3.8, 4) is 16.9 Å². The van der Waals surface area contributed by atoms with Crippen LogP contribution in [0.15, 0.2) is 41.1 Å². The molecule has 2 atom stereocenters. The Morgan fingerprint density at radius 2 is 2.06 bits per heavy atom. The van der Waals surface area contributed by atoms with Gasteiger partial charge >= 0.3 is 16.4 Å². The number of aliphatic carboxylic acids is 1. The summed E-state index contributed by atoms with van der Waals surface area (Å²) in [4.78, 5) is 46.9. The van der Waals surface area contributed by atoms with Crippen molar-refractivity contribution in [2.45, 2.75) is 44.5 Å². The van der Waals surface area contributed by atoms with Gasteiger partial charge in [-0.3, -0.25) is 14.1 Å². The number of oxime groups is 1. The summed E-state index contributed by atoms with van der Waals surface area (Å²) in [6.45, 7) is 3.44. The number of hydrogen-bond donors (Lipinski definition) is 5. The molecule has 0 unspecified atom stereocenters. The number of aromatic nitrogens is 3. The second-order valence-electron chi connectivity index (χ2n) is 10.7. The molecule has 1 saturated heterocycles. The molecule has 47 heavy (non-hydrogen) atoms. The van der Waals surface area contributed by atoms with Crippen LogP contribution in [0.3, 0.4) is 0 Å². The van der Waals surface area contributed by atoms with E-state index in [-0.39, 0.29) is 16.6 Å². The molecule has 7 N–H and O–H groups in total. The van der Waals surface area contributed by atoms with Crippen LogP contribution in [0.2, 0.25) is 5.02 Å². The number of nitrogens with zero attached hydrogens (tertiary/aromatic N) is 5. The predicted molar refractivity (Wildman–Crippen MR) is 166 cm³/mol. The van der Waals surface area contributed by atoms with Crippen molar-refractivity contribution < 1.29 is 51.0 Å². The summed E-state index contributed by atoms with van der Waals surface area (Å²) in [5.41, 5.74) is 10.8. The maximum Gasteiger partial charge on any atom is 0.418 e. The van der Waals surface area contributed by atoms with E-state index in [0.717, 1.165) is 35.4 Å². The van der Waals surface area contributed by atoms with Crippen LogP contribution in [0.1, 0.15) is 26.0 Å². The van der Waals surface area contributed by atoms with Crippen LogP contribution in [0.5, 0.6) is 5.75 Å². The van der Waals surface area contributed by atoms with Crippen LogP contribution in [0, 0.1) is 0 Å². The number of carbonyl (C=O) groups is 3. The molecule has 2 aromatic heterocycles. The number of ether oxygens (including phenoxy) is 1. The van der Waals surface area contributed by atoms with E-state index in [0.29, 0.717) is 16.6 Å². The summed E-state index contributed by atoms with van der Waals surface area (Å²) in [5, 5.41) is 17.9. The summed E-state index contributed by atoms with van der Waals surface area (Å²) in [6, 6.07) is 3.50. The van der Waals surface area contributed by atoms with E-state index >= 15 is 0 Å². The van der Waals surface area contributed by atoms with Crippen LogP contribution in [-0.4, -0.2) is 87.1 Å².